The summed E-state index contributed by atoms with van der Waals surface area (Å²) in [5, 5.41) is 20.7. The van der Waals surface area contributed by atoms with Gasteiger partial charge in [-0.25, -0.2) is 4.68 Å². The van der Waals surface area contributed by atoms with Crippen molar-refractivity contribution in [2.24, 2.45) is 0 Å². The number of halogens is 1. The lowest BCUT2D eigenvalue weighted by Gasteiger charge is -2.07. The summed E-state index contributed by atoms with van der Waals surface area (Å²) in [6.07, 6.45) is 2.58. The first-order valence-corrected chi connectivity index (χ1v) is 7.52. The fraction of sp³-hybridized carbons (Fsp3) is 0.357. The molecule has 7 nitrogen and oxygen atoms in total. The molecule has 1 aliphatic rings. The molecular weight excluding hydrogens is 304 g/mol. The molecule has 1 aromatic carbocycles. The van der Waals surface area contributed by atoms with E-state index in [4.69, 9.17) is 16.0 Å². The molecule has 1 unspecified atom stereocenters. The lowest BCUT2D eigenvalue weighted by molar-refractivity contribution is 0.413. The van der Waals surface area contributed by atoms with E-state index in [0.29, 0.717) is 16.8 Å². The molecule has 0 fully saturated rings. The summed E-state index contributed by atoms with van der Waals surface area (Å²) in [7, 11) is 0. The number of hydrogen-bond donors (Lipinski definition) is 0. The van der Waals surface area contributed by atoms with Crippen LogP contribution in [0, 0.1) is 0 Å². The first-order valence-electron chi connectivity index (χ1n) is 7.14. The average Bonchev–Trinajstić information content (AvgIpc) is 3.14. The van der Waals surface area contributed by atoms with Gasteiger partial charge in [0.05, 0.1) is 10.6 Å². The first kappa shape index (κ1) is 13.4. The zero-order valence-corrected chi connectivity index (χ0v) is 12.4. The second-order valence-electron chi connectivity index (χ2n) is 5.27. The molecule has 0 aliphatic carbocycles. The molecule has 0 saturated heterocycles. The number of aromatic nitrogens is 6. The zero-order valence-electron chi connectivity index (χ0n) is 11.7. The highest BCUT2D eigenvalue weighted by molar-refractivity contribution is 6.33. The van der Waals surface area contributed by atoms with Crippen molar-refractivity contribution < 1.29 is 4.42 Å². The van der Waals surface area contributed by atoms with Gasteiger partial charge in [0, 0.05) is 18.9 Å². The fourth-order valence-electron chi connectivity index (χ4n) is 2.69. The van der Waals surface area contributed by atoms with E-state index in [1.807, 2.05) is 28.9 Å². The maximum Gasteiger partial charge on any atom is 0.249 e. The van der Waals surface area contributed by atoms with Crippen LogP contribution in [0.2, 0.25) is 5.02 Å². The Labute approximate surface area is 131 Å². The van der Waals surface area contributed by atoms with Crippen LogP contribution in [0.25, 0.3) is 11.5 Å². The highest BCUT2D eigenvalue weighted by Gasteiger charge is 2.24. The van der Waals surface area contributed by atoms with Crippen LogP contribution in [0.3, 0.4) is 0 Å². The van der Waals surface area contributed by atoms with Crippen LogP contribution in [0.4, 0.5) is 0 Å². The lowest BCUT2D eigenvalue weighted by Crippen LogP contribution is -2.04. The van der Waals surface area contributed by atoms with Gasteiger partial charge in [-0.15, -0.1) is 15.3 Å². The summed E-state index contributed by atoms with van der Waals surface area (Å²) in [4.78, 5) is 0. The fourth-order valence-corrected chi connectivity index (χ4v) is 2.91. The average molecular weight is 317 g/mol. The molecule has 0 bridgehead atoms. The molecule has 0 N–H and O–H groups in total. The van der Waals surface area contributed by atoms with Gasteiger partial charge < -0.3 is 4.42 Å². The van der Waals surface area contributed by atoms with Gasteiger partial charge in [-0.2, -0.15) is 0 Å². The molecule has 22 heavy (non-hydrogen) atoms. The third kappa shape index (κ3) is 2.37. The molecule has 1 aliphatic heterocycles. The van der Waals surface area contributed by atoms with E-state index in [2.05, 4.69) is 25.7 Å². The van der Waals surface area contributed by atoms with Gasteiger partial charge in [-0.05, 0) is 35.4 Å². The predicted molar refractivity (Wildman–Crippen MR) is 78.2 cm³/mol. The minimum atomic E-state index is 0.201. The lowest BCUT2D eigenvalue weighted by atomic mass is 10.0. The van der Waals surface area contributed by atoms with Crippen LogP contribution in [-0.2, 0) is 13.0 Å². The SMILES string of the molecule is Clc1ccccc1-c1nnc(C2CCc3nnnn3CC2)o1. The maximum absolute atomic E-state index is 6.17. The number of hydrogen-bond acceptors (Lipinski definition) is 6. The van der Waals surface area contributed by atoms with Crippen LogP contribution in [0.1, 0.15) is 30.5 Å². The molecule has 0 spiro atoms. The Bertz CT molecular complexity index is 775. The Kier molecular flexibility index (Phi) is 3.34. The summed E-state index contributed by atoms with van der Waals surface area (Å²) in [6.45, 7) is 0.761. The van der Waals surface area contributed by atoms with Gasteiger partial charge in [-0.3, -0.25) is 0 Å². The second kappa shape index (κ2) is 5.49. The predicted octanol–water partition coefficient (Wildman–Crippen LogP) is 2.50. The van der Waals surface area contributed by atoms with Gasteiger partial charge in [0.1, 0.15) is 0 Å². The van der Waals surface area contributed by atoms with Gasteiger partial charge >= 0.3 is 0 Å². The molecule has 2 aromatic heterocycles. The van der Waals surface area contributed by atoms with E-state index >= 15 is 0 Å². The van der Waals surface area contributed by atoms with Crippen LogP contribution in [-0.4, -0.2) is 30.4 Å². The third-order valence-corrected chi connectivity index (χ3v) is 4.24. The van der Waals surface area contributed by atoms with Crippen LogP contribution in [0.15, 0.2) is 28.7 Å². The van der Waals surface area contributed by atoms with E-state index < -0.39 is 0 Å². The summed E-state index contributed by atoms with van der Waals surface area (Å²) in [6, 6.07) is 7.45. The third-order valence-electron chi connectivity index (χ3n) is 3.91. The highest BCUT2D eigenvalue weighted by atomic mass is 35.5. The number of aryl methyl sites for hydroxylation is 2. The van der Waals surface area contributed by atoms with E-state index in [1.54, 1.807) is 0 Å². The molecular formula is C14H13ClN6O. The van der Waals surface area contributed by atoms with Crippen molar-refractivity contribution in [3.05, 3.63) is 41.0 Å². The van der Waals surface area contributed by atoms with Crippen LogP contribution < -0.4 is 0 Å². The second-order valence-corrected chi connectivity index (χ2v) is 5.68. The summed E-state index contributed by atoms with van der Waals surface area (Å²) in [5.41, 5.74) is 0.760. The Morgan fingerprint density at radius 2 is 2.05 bits per heavy atom. The van der Waals surface area contributed by atoms with Crippen molar-refractivity contribution in [3.8, 4) is 11.5 Å². The Hall–Kier alpha value is -2.28. The molecule has 1 atom stereocenters. The molecule has 3 heterocycles. The molecule has 4 rings (SSSR count). The Balaban J connectivity index is 1.57. The van der Waals surface area contributed by atoms with Crippen LogP contribution in [0.5, 0.6) is 0 Å². The normalized spacial score (nSPS) is 18.0. The molecule has 3 aromatic rings. The topological polar surface area (TPSA) is 82.5 Å². The first-order chi connectivity index (χ1) is 10.8. The van der Waals surface area contributed by atoms with E-state index in [9.17, 15) is 0 Å². The standard InChI is InChI=1S/C14H13ClN6O/c15-11-4-2-1-3-10(11)14-18-17-13(22-14)9-5-6-12-16-19-20-21(12)8-7-9/h1-4,9H,5-8H2. The number of tetrazole rings is 1. The molecule has 0 saturated carbocycles. The minimum Gasteiger partial charge on any atom is -0.420 e. The summed E-state index contributed by atoms with van der Waals surface area (Å²) in [5.74, 6) is 2.22. The molecule has 8 heteroatoms. The van der Waals surface area contributed by atoms with Crippen molar-refractivity contribution >= 4 is 11.6 Å². The number of nitrogens with zero attached hydrogens (tertiary/aromatic N) is 6. The van der Waals surface area contributed by atoms with Crippen LogP contribution >= 0.6 is 11.6 Å². The molecule has 112 valence electrons. The maximum atomic E-state index is 6.17. The quantitative estimate of drug-likeness (QED) is 0.722. The minimum absolute atomic E-state index is 0.201. The van der Waals surface area contributed by atoms with E-state index in [0.717, 1.165) is 37.2 Å². The zero-order chi connectivity index (χ0) is 14.9. The van der Waals surface area contributed by atoms with E-state index in [1.165, 1.54) is 0 Å². The summed E-state index contributed by atoms with van der Waals surface area (Å²) >= 11 is 6.17. The van der Waals surface area contributed by atoms with Crippen molar-refractivity contribution in [1.82, 2.24) is 30.4 Å². The van der Waals surface area contributed by atoms with Gasteiger partial charge in [0.15, 0.2) is 5.82 Å². The van der Waals surface area contributed by atoms with E-state index in [-0.39, 0.29) is 5.92 Å². The Morgan fingerprint density at radius 3 is 2.95 bits per heavy atom. The highest BCUT2D eigenvalue weighted by Crippen LogP contribution is 2.31. The van der Waals surface area contributed by atoms with Gasteiger partial charge in [0.25, 0.3) is 0 Å². The largest absolute Gasteiger partial charge is 0.420 e. The monoisotopic (exact) mass is 316 g/mol. The van der Waals surface area contributed by atoms with Crippen molar-refractivity contribution in [3.63, 3.8) is 0 Å². The molecule has 0 radical (unpaired) electrons. The van der Waals surface area contributed by atoms with Gasteiger partial charge in [-0.1, -0.05) is 23.7 Å². The van der Waals surface area contributed by atoms with Gasteiger partial charge in [0.2, 0.25) is 11.8 Å². The van der Waals surface area contributed by atoms with Crippen molar-refractivity contribution in [2.75, 3.05) is 0 Å². The number of fused-ring (bicyclic) bond motifs is 1. The van der Waals surface area contributed by atoms with Crippen molar-refractivity contribution in [1.29, 1.82) is 0 Å². The summed E-state index contributed by atoms with van der Waals surface area (Å²) < 4.78 is 7.69. The van der Waals surface area contributed by atoms with Crippen molar-refractivity contribution in [2.45, 2.75) is 31.7 Å². The smallest absolute Gasteiger partial charge is 0.249 e. The number of benzene rings is 1. The molecule has 0 amide bonds. The number of rotatable bonds is 2. The Morgan fingerprint density at radius 1 is 1.14 bits per heavy atom.